The normalized spacial score (nSPS) is 11.6. The van der Waals surface area contributed by atoms with Gasteiger partial charge in [-0.1, -0.05) is 53.6 Å². The van der Waals surface area contributed by atoms with Crippen molar-refractivity contribution in [2.75, 3.05) is 4.72 Å². The lowest BCUT2D eigenvalue weighted by Gasteiger charge is -2.10. The molecule has 3 aromatic rings. The van der Waals surface area contributed by atoms with E-state index in [9.17, 15) is 8.42 Å². The van der Waals surface area contributed by atoms with E-state index < -0.39 is 10.0 Å². The van der Waals surface area contributed by atoms with Gasteiger partial charge in [-0.3, -0.25) is 9.71 Å². The van der Waals surface area contributed by atoms with Gasteiger partial charge in [0.05, 0.1) is 16.3 Å². The Labute approximate surface area is 154 Å². The van der Waals surface area contributed by atoms with Crippen LogP contribution in [0, 0.1) is 13.8 Å². The zero-order valence-electron chi connectivity index (χ0n) is 14.7. The van der Waals surface area contributed by atoms with Gasteiger partial charge in [0.1, 0.15) is 0 Å². The number of nitrogens with zero attached hydrogens (tertiary/aromatic N) is 1. The molecule has 0 amide bonds. The molecule has 0 bridgehead atoms. The van der Waals surface area contributed by atoms with Gasteiger partial charge in [-0.15, -0.1) is 0 Å². The topological polar surface area (TPSA) is 58.5 Å². The van der Waals surface area contributed by atoms with Gasteiger partial charge in [0.25, 0.3) is 10.0 Å². The lowest BCUT2D eigenvalue weighted by atomic mass is 10.2. The van der Waals surface area contributed by atoms with E-state index in [4.69, 9.17) is 0 Å². The van der Waals surface area contributed by atoms with Crippen LogP contribution >= 0.6 is 0 Å². The zero-order valence-corrected chi connectivity index (χ0v) is 15.5. The number of benzene rings is 3. The number of aliphatic imine (C=N–C) groups is 1. The third kappa shape index (κ3) is 4.37. The Morgan fingerprint density at radius 2 is 1.38 bits per heavy atom. The predicted molar refractivity (Wildman–Crippen MR) is 107 cm³/mol. The minimum absolute atomic E-state index is 0.230. The van der Waals surface area contributed by atoms with Gasteiger partial charge in [0.15, 0.2) is 0 Å². The molecule has 0 aliphatic rings. The van der Waals surface area contributed by atoms with Gasteiger partial charge in [0, 0.05) is 11.8 Å². The molecule has 0 aliphatic carbocycles. The van der Waals surface area contributed by atoms with Gasteiger partial charge < -0.3 is 0 Å². The lowest BCUT2D eigenvalue weighted by Crippen LogP contribution is -2.14. The molecule has 0 radical (unpaired) electrons. The molecule has 26 heavy (non-hydrogen) atoms. The third-order valence-electron chi connectivity index (χ3n) is 3.92. The Bertz CT molecular complexity index is 1020. The van der Waals surface area contributed by atoms with Gasteiger partial charge in [0.2, 0.25) is 0 Å². The summed E-state index contributed by atoms with van der Waals surface area (Å²) in [6, 6.07) is 21.7. The number of nitrogens with one attached hydrogen (secondary N) is 1. The Hall–Kier alpha value is -2.92. The Kier molecular flexibility index (Phi) is 5.19. The first-order valence-corrected chi connectivity index (χ1v) is 9.72. The predicted octanol–water partition coefficient (Wildman–Crippen LogP) is 4.85. The van der Waals surface area contributed by atoms with E-state index >= 15 is 0 Å². The number of rotatable bonds is 5. The van der Waals surface area contributed by atoms with Crippen molar-refractivity contribution >= 4 is 27.6 Å². The molecule has 0 aliphatic heterocycles. The summed E-state index contributed by atoms with van der Waals surface area (Å²) in [5, 5.41) is 0. The monoisotopic (exact) mass is 364 g/mol. The summed E-state index contributed by atoms with van der Waals surface area (Å²) < 4.78 is 27.9. The number of anilines is 1. The fourth-order valence-electron chi connectivity index (χ4n) is 2.40. The third-order valence-corrected chi connectivity index (χ3v) is 5.30. The zero-order chi connectivity index (χ0) is 18.6. The molecule has 3 aromatic carbocycles. The van der Waals surface area contributed by atoms with Crippen LogP contribution in [0.3, 0.4) is 0 Å². The van der Waals surface area contributed by atoms with Crippen molar-refractivity contribution < 1.29 is 8.42 Å². The second kappa shape index (κ2) is 7.54. The van der Waals surface area contributed by atoms with Crippen LogP contribution in [0.1, 0.15) is 16.7 Å². The van der Waals surface area contributed by atoms with Gasteiger partial charge in [-0.25, -0.2) is 8.42 Å². The van der Waals surface area contributed by atoms with Crippen LogP contribution in [0.5, 0.6) is 0 Å². The summed E-state index contributed by atoms with van der Waals surface area (Å²) in [4.78, 5) is 4.66. The van der Waals surface area contributed by atoms with Crippen LogP contribution in [0.4, 0.5) is 11.4 Å². The van der Waals surface area contributed by atoms with Gasteiger partial charge in [-0.2, -0.15) is 0 Å². The molecule has 3 rings (SSSR count). The van der Waals surface area contributed by atoms with E-state index in [0.29, 0.717) is 11.3 Å². The first kappa shape index (κ1) is 17.9. The van der Waals surface area contributed by atoms with Crippen molar-refractivity contribution in [2.24, 2.45) is 4.99 Å². The fourth-order valence-corrected chi connectivity index (χ4v) is 3.49. The average Bonchev–Trinajstić information content (AvgIpc) is 2.62. The van der Waals surface area contributed by atoms with Crippen LogP contribution in [-0.4, -0.2) is 14.6 Å². The highest BCUT2D eigenvalue weighted by Gasteiger charge is 2.15. The van der Waals surface area contributed by atoms with Crippen molar-refractivity contribution in [3.63, 3.8) is 0 Å². The molecule has 0 fully saturated rings. The van der Waals surface area contributed by atoms with Crippen molar-refractivity contribution in [3.05, 3.63) is 89.5 Å². The second-order valence-corrected chi connectivity index (χ2v) is 7.78. The summed E-state index contributed by atoms with van der Waals surface area (Å²) >= 11 is 0. The quantitative estimate of drug-likeness (QED) is 0.658. The van der Waals surface area contributed by atoms with Crippen molar-refractivity contribution in [1.29, 1.82) is 0 Å². The molecule has 132 valence electrons. The first-order chi connectivity index (χ1) is 12.4. The van der Waals surface area contributed by atoms with E-state index in [2.05, 4.69) is 9.71 Å². The largest absolute Gasteiger partial charge is 0.279 e. The first-order valence-electron chi connectivity index (χ1n) is 8.23. The summed E-state index contributed by atoms with van der Waals surface area (Å²) in [6.45, 7) is 3.93. The van der Waals surface area contributed by atoms with Gasteiger partial charge in [-0.05, 0) is 44.2 Å². The maximum Gasteiger partial charge on any atom is 0.261 e. The van der Waals surface area contributed by atoms with E-state index in [1.165, 1.54) is 0 Å². The minimum Gasteiger partial charge on any atom is -0.279 e. The highest BCUT2D eigenvalue weighted by Crippen LogP contribution is 2.20. The van der Waals surface area contributed by atoms with E-state index in [0.717, 1.165) is 16.8 Å². The van der Waals surface area contributed by atoms with Gasteiger partial charge >= 0.3 is 0 Å². The van der Waals surface area contributed by atoms with E-state index in [1.54, 1.807) is 42.6 Å². The molecular formula is C21H20N2O2S. The SMILES string of the molecule is Cc1ccc(/N=C/c2ccccc2NS(=O)(=O)c2ccc(C)cc2)cc1. The molecule has 0 saturated carbocycles. The molecule has 1 N–H and O–H groups in total. The second-order valence-electron chi connectivity index (χ2n) is 6.10. The summed E-state index contributed by atoms with van der Waals surface area (Å²) in [7, 11) is -3.65. The molecule has 4 nitrogen and oxygen atoms in total. The van der Waals surface area contributed by atoms with Crippen molar-refractivity contribution in [3.8, 4) is 0 Å². The molecule has 0 heterocycles. The van der Waals surface area contributed by atoms with Crippen LogP contribution in [-0.2, 0) is 10.0 Å². The molecule has 0 atom stereocenters. The summed E-state index contributed by atoms with van der Waals surface area (Å²) in [6.07, 6.45) is 1.66. The number of aryl methyl sites for hydroxylation is 2. The fraction of sp³-hybridized carbons (Fsp3) is 0.0952. The summed E-state index contributed by atoms with van der Waals surface area (Å²) in [5.41, 5.74) is 4.17. The molecule has 0 aromatic heterocycles. The van der Waals surface area contributed by atoms with Crippen molar-refractivity contribution in [1.82, 2.24) is 0 Å². The molecular weight excluding hydrogens is 344 g/mol. The highest BCUT2D eigenvalue weighted by molar-refractivity contribution is 7.92. The molecule has 0 spiro atoms. The maximum absolute atomic E-state index is 12.6. The Morgan fingerprint density at radius 3 is 2.04 bits per heavy atom. The Balaban J connectivity index is 1.87. The average molecular weight is 364 g/mol. The van der Waals surface area contributed by atoms with E-state index in [-0.39, 0.29) is 4.90 Å². The smallest absolute Gasteiger partial charge is 0.261 e. The van der Waals surface area contributed by atoms with Crippen LogP contribution in [0.25, 0.3) is 0 Å². The van der Waals surface area contributed by atoms with Crippen LogP contribution in [0.15, 0.2) is 82.7 Å². The standard InChI is InChI=1S/C21H20N2O2S/c1-16-7-11-19(12-8-16)22-15-18-5-3-4-6-21(18)23-26(24,25)20-13-9-17(2)10-14-20/h3-15,23H,1-2H3/b22-15+. The van der Waals surface area contributed by atoms with E-state index in [1.807, 2.05) is 50.2 Å². The molecule has 0 saturated heterocycles. The lowest BCUT2D eigenvalue weighted by molar-refractivity contribution is 0.601. The highest BCUT2D eigenvalue weighted by atomic mass is 32.2. The molecule has 0 unspecified atom stereocenters. The maximum atomic E-state index is 12.6. The number of hydrogen-bond acceptors (Lipinski definition) is 3. The number of para-hydroxylation sites is 1. The Morgan fingerprint density at radius 1 is 0.808 bits per heavy atom. The summed E-state index contributed by atoms with van der Waals surface area (Å²) in [5.74, 6) is 0. The van der Waals surface area contributed by atoms with Crippen molar-refractivity contribution in [2.45, 2.75) is 18.7 Å². The van der Waals surface area contributed by atoms with Crippen LogP contribution < -0.4 is 4.72 Å². The number of hydrogen-bond donors (Lipinski definition) is 1. The van der Waals surface area contributed by atoms with Crippen LogP contribution in [0.2, 0.25) is 0 Å². The molecule has 5 heteroatoms. The number of sulfonamides is 1. The minimum atomic E-state index is -3.65.